The molecular formula is C16H27N. The van der Waals surface area contributed by atoms with Gasteiger partial charge in [0.2, 0.25) is 0 Å². The SMILES string of the molecule is CNCC(C)C(C)Cc1ccc(C(C)C)cc1. The summed E-state index contributed by atoms with van der Waals surface area (Å²) < 4.78 is 0. The Hall–Kier alpha value is -0.820. The molecule has 0 spiro atoms. The van der Waals surface area contributed by atoms with E-state index in [1.165, 1.54) is 17.5 Å². The van der Waals surface area contributed by atoms with E-state index in [4.69, 9.17) is 0 Å². The van der Waals surface area contributed by atoms with Gasteiger partial charge in [-0.25, -0.2) is 0 Å². The topological polar surface area (TPSA) is 12.0 Å². The molecule has 0 aromatic heterocycles. The Morgan fingerprint density at radius 1 is 0.941 bits per heavy atom. The lowest BCUT2D eigenvalue weighted by Gasteiger charge is -2.19. The summed E-state index contributed by atoms with van der Waals surface area (Å²) >= 11 is 0. The molecule has 0 radical (unpaired) electrons. The van der Waals surface area contributed by atoms with Crippen LogP contribution in [0.5, 0.6) is 0 Å². The molecule has 1 aromatic carbocycles. The number of hydrogen-bond acceptors (Lipinski definition) is 1. The van der Waals surface area contributed by atoms with Gasteiger partial charge in [-0.1, -0.05) is 52.0 Å². The molecule has 0 heterocycles. The summed E-state index contributed by atoms with van der Waals surface area (Å²) in [4.78, 5) is 0. The summed E-state index contributed by atoms with van der Waals surface area (Å²) in [6.07, 6.45) is 1.18. The van der Waals surface area contributed by atoms with Crippen molar-refractivity contribution in [1.82, 2.24) is 5.32 Å². The molecule has 0 saturated carbocycles. The molecule has 1 heteroatoms. The fourth-order valence-electron chi connectivity index (χ4n) is 2.13. The van der Waals surface area contributed by atoms with Crippen molar-refractivity contribution in [3.63, 3.8) is 0 Å². The lowest BCUT2D eigenvalue weighted by Crippen LogP contribution is -2.23. The van der Waals surface area contributed by atoms with E-state index in [2.05, 4.69) is 57.3 Å². The van der Waals surface area contributed by atoms with Crippen LogP contribution in [0, 0.1) is 11.8 Å². The van der Waals surface area contributed by atoms with E-state index < -0.39 is 0 Å². The van der Waals surface area contributed by atoms with Crippen LogP contribution in [0.2, 0.25) is 0 Å². The van der Waals surface area contributed by atoms with Crippen molar-refractivity contribution in [2.75, 3.05) is 13.6 Å². The molecule has 0 saturated heterocycles. The molecule has 1 nitrogen and oxygen atoms in total. The van der Waals surface area contributed by atoms with Crippen molar-refractivity contribution >= 4 is 0 Å². The summed E-state index contributed by atoms with van der Waals surface area (Å²) in [5, 5.41) is 3.26. The smallest absolute Gasteiger partial charge is 0.00235 e. The highest BCUT2D eigenvalue weighted by atomic mass is 14.8. The van der Waals surface area contributed by atoms with Crippen LogP contribution in [-0.2, 0) is 6.42 Å². The fraction of sp³-hybridized carbons (Fsp3) is 0.625. The maximum absolute atomic E-state index is 3.26. The molecule has 1 aromatic rings. The molecular weight excluding hydrogens is 206 g/mol. The van der Waals surface area contributed by atoms with E-state index in [1.807, 2.05) is 7.05 Å². The normalized spacial score (nSPS) is 14.9. The predicted molar refractivity (Wildman–Crippen MR) is 76.5 cm³/mol. The van der Waals surface area contributed by atoms with Crippen molar-refractivity contribution in [1.29, 1.82) is 0 Å². The minimum absolute atomic E-state index is 0.629. The molecule has 0 amide bonds. The van der Waals surface area contributed by atoms with Gasteiger partial charge in [-0.15, -0.1) is 0 Å². The van der Waals surface area contributed by atoms with Crippen molar-refractivity contribution in [3.05, 3.63) is 35.4 Å². The monoisotopic (exact) mass is 233 g/mol. The molecule has 96 valence electrons. The van der Waals surface area contributed by atoms with E-state index in [9.17, 15) is 0 Å². The lowest BCUT2D eigenvalue weighted by molar-refractivity contribution is 0.374. The summed E-state index contributed by atoms with van der Waals surface area (Å²) in [5.41, 5.74) is 2.90. The zero-order valence-corrected chi connectivity index (χ0v) is 12.0. The van der Waals surface area contributed by atoms with E-state index in [-0.39, 0.29) is 0 Å². The first-order valence-corrected chi connectivity index (χ1v) is 6.78. The number of benzene rings is 1. The summed E-state index contributed by atoms with van der Waals surface area (Å²) in [6.45, 7) is 10.3. The van der Waals surface area contributed by atoms with Crippen LogP contribution in [0.1, 0.15) is 44.7 Å². The van der Waals surface area contributed by atoms with Crippen LogP contribution in [0.15, 0.2) is 24.3 Å². The third-order valence-electron chi connectivity index (χ3n) is 3.70. The van der Waals surface area contributed by atoms with Crippen LogP contribution in [-0.4, -0.2) is 13.6 Å². The molecule has 0 aliphatic heterocycles. The molecule has 2 unspecified atom stereocenters. The van der Waals surface area contributed by atoms with Gasteiger partial charge in [0.15, 0.2) is 0 Å². The van der Waals surface area contributed by atoms with Crippen LogP contribution >= 0.6 is 0 Å². The fourth-order valence-corrected chi connectivity index (χ4v) is 2.13. The second-order valence-corrected chi connectivity index (χ2v) is 5.61. The Bertz CT molecular complexity index is 313. The second kappa shape index (κ2) is 6.80. The van der Waals surface area contributed by atoms with Gasteiger partial charge in [-0.3, -0.25) is 0 Å². The molecule has 0 aliphatic carbocycles. The third kappa shape index (κ3) is 4.51. The van der Waals surface area contributed by atoms with Crippen LogP contribution in [0.25, 0.3) is 0 Å². The van der Waals surface area contributed by atoms with Gasteiger partial charge in [0.05, 0.1) is 0 Å². The van der Waals surface area contributed by atoms with Crippen molar-refractivity contribution in [3.8, 4) is 0 Å². The zero-order valence-electron chi connectivity index (χ0n) is 12.0. The average molecular weight is 233 g/mol. The molecule has 0 bridgehead atoms. The third-order valence-corrected chi connectivity index (χ3v) is 3.70. The highest BCUT2D eigenvalue weighted by Gasteiger charge is 2.12. The van der Waals surface area contributed by atoms with Crippen molar-refractivity contribution in [2.24, 2.45) is 11.8 Å². The second-order valence-electron chi connectivity index (χ2n) is 5.61. The summed E-state index contributed by atoms with van der Waals surface area (Å²) in [5.74, 6) is 2.09. The molecule has 1 N–H and O–H groups in total. The molecule has 0 aliphatic rings. The number of rotatable bonds is 6. The standard InChI is InChI=1S/C16H27N/c1-12(2)16-8-6-15(7-9-16)10-13(3)14(4)11-17-5/h6-9,12-14,17H,10-11H2,1-5H3. The maximum Gasteiger partial charge on any atom is -0.00235 e. The Morgan fingerprint density at radius 3 is 2.00 bits per heavy atom. The lowest BCUT2D eigenvalue weighted by atomic mass is 9.89. The van der Waals surface area contributed by atoms with Crippen molar-refractivity contribution in [2.45, 2.75) is 40.0 Å². The minimum Gasteiger partial charge on any atom is -0.319 e. The van der Waals surface area contributed by atoms with E-state index >= 15 is 0 Å². The first-order valence-electron chi connectivity index (χ1n) is 6.78. The molecule has 17 heavy (non-hydrogen) atoms. The number of hydrogen-bond donors (Lipinski definition) is 1. The Morgan fingerprint density at radius 2 is 1.53 bits per heavy atom. The first kappa shape index (κ1) is 14.2. The highest BCUT2D eigenvalue weighted by Crippen LogP contribution is 2.19. The van der Waals surface area contributed by atoms with Crippen LogP contribution in [0.3, 0.4) is 0 Å². The summed E-state index contributed by atoms with van der Waals surface area (Å²) in [6, 6.07) is 9.13. The molecule has 2 atom stereocenters. The van der Waals surface area contributed by atoms with Crippen LogP contribution < -0.4 is 5.32 Å². The molecule has 0 fully saturated rings. The minimum atomic E-state index is 0.629. The van der Waals surface area contributed by atoms with E-state index in [0.29, 0.717) is 5.92 Å². The van der Waals surface area contributed by atoms with Gasteiger partial charge in [0, 0.05) is 0 Å². The van der Waals surface area contributed by atoms with E-state index in [0.717, 1.165) is 18.4 Å². The van der Waals surface area contributed by atoms with Gasteiger partial charge >= 0.3 is 0 Å². The maximum atomic E-state index is 3.26. The Balaban J connectivity index is 2.56. The largest absolute Gasteiger partial charge is 0.319 e. The van der Waals surface area contributed by atoms with Gasteiger partial charge in [-0.2, -0.15) is 0 Å². The predicted octanol–water partition coefficient (Wildman–Crippen LogP) is 3.84. The van der Waals surface area contributed by atoms with Crippen molar-refractivity contribution < 1.29 is 0 Å². The van der Waals surface area contributed by atoms with Gasteiger partial charge in [0.1, 0.15) is 0 Å². The van der Waals surface area contributed by atoms with Crippen LogP contribution in [0.4, 0.5) is 0 Å². The summed E-state index contributed by atoms with van der Waals surface area (Å²) in [7, 11) is 2.03. The quantitative estimate of drug-likeness (QED) is 0.787. The highest BCUT2D eigenvalue weighted by molar-refractivity contribution is 5.24. The Kier molecular flexibility index (Phi) is 5.70. The van der Waals surface area contributed by atoms with Gasteiger partial charge < -0.3 is 5.32 Å². The Labute approximate surface area is 107 Å². The average Bonchev–Trinajstić information content (AvgIpc) is 2.30. The number of nitrogens with one attached hydrogen (secondary N) is 1. The van der Waals surface area contributed by atoms with E-state index in [1.54, 1.807) is 0 Å². The zero-order chi connectivity index (χ0) is 12.8. The first-order chi connectivity index (χ1) is 8.04. The van der Waals surface area contributed by atoms with Gasteiger partial charge in [0.25, 0.3) is 0 Å². The van der Waals surface area contributed by atoms with Gasteiger partial charge in [-0.05, 0) is 48.9 Å². The molecule has 1 rings (SSSR count).